The van der Waals surface area contributed by atoms with Gasteiger partial charge in [0.1, 0.15) is 0 Å². The van der Waals surface area contributed by atoms with Crippen LogP contribution in [0.4, 0.5) is 0 Å². The molecule has 2 aromatic rings. The van der Waals surface area contributed by atoms with Crippen molar-refractivity contribution < 1.29 is 9.59 Å². The summed E-state index contributed by atoms with van der Waals surface area (Å²) in [5, 5.41) is 7.09. The molecule has 1 fully saturated rings. The molecule has 1 saturated heterocycles. The van der Waals surface area contributed by atoms with Crippen LogP contribution in [0.1, 0.15) is 35.5 Å². The van der Waals surface area contributed by atoms with E-state index in [9.17, 15) is 9.59 Å². The quantitative estimate of drug-likeness (QED) is 0.929. The molecule has 0 unspecified atom stereocenters. The summed E-state index contributed by atoms with van der Waals surface area (Å²) in [7, 11) is 0. The average molecular weight is 340 g/mol. The van der Waals surface area contributed by atoms with Crippen LogP contribution < -0.4 is 0 Å². The van der Waals surface area contributed by atoms with Gasteiger partial charge in [-0.25, -0.2) is 0 Å². The first-order valence-electron chi connectivity index (χ1n) is 8.57. The summed E-state index contributed by atoms with van der Waals surface area (Å²) in [6.07, 6.45) is 0.343. The van der Waals surface area contributed by atoms with E-state index in [1.807, 2.05) is 54.0 Å². The van der Waals surface area contributed by atoms with E-state index in [1.165, 1.54) is 0 Å². The number of carbonyl (C=O) groups excluding carboxylic acids is 2. The zero-order valence-electron chi connectivity index (χ0n) is 15.0. The highest BCUT2D eigenvalue weighted by Gasteiger charge is 2.32. The van der Waals surface area contributed by atoms with Gasteiger partial charge in [-0.3, -0.25) is 14.7 Å². The molecular formula is C19H24N4O2. The van der Waals surface area contributed by atoms with Crippen LogP contribution in [0.5, 0.6) is 0 Å². The summed E-state index contributed by atoms with van der Waals surface area (Å²) in [4.78, 5) is 28.5. The molecule has 2 heterocycles. The predicted molar refractivity (Wildman–Crippen MR) is 94.9 cm³/mol. The maximum atomic E-state index is 12.8. The van der Waals surface area contributed by atoms with Gasteiger partial charge < -0.3 is 9.80 Å². The van der Waals surface area contributed by atoms with Crippen molar-refractivity contribution >= 4 is 11.8 Å². The van der Waals surface area contributed by atoms with Crippen LogP contribution in [0, 0.1) is 13.8 Å². The molecule has 0 radical (unpaired) electrons. The molecule has 1 aromatic heterocycles. The van der Waals surface area contributed by atoms with E-state index in [2.05, 4.69) is 10.2 Å². The Labute approximate surface area is 147 Å². The number of rotatable bonds is 3. The number of amides is 2. The third-order valence-corrected chi connectivity index (χ3v) is 4.93. The molecule has 1 aromatic carbocycles. The van der Waals surface area contributed by atoms with Crippen LogP contribution in [0.2, 0.25) is 0 Å². The van der Waals surface area contributed by atoms with Gasteiger partial charge >= 0.3 is 0 Å². The number of piperazine rings is 1. The fraction of sp³-hybridized carbons (Fsp3) is 0.421. The molecule has 6 nitrogen and oxygen atoms in total. The second-order valence-corrected chi connectivity index (χ2v) is 6.57. The van der Waals surface area contributed by atoms with Crippen LogP contribution in [-0.4, -0.2) is 51.4 Å². The summed E-state index contributed by atoms with van der Waals surface area (Å²) in [5.41, 5.74) is 3.83. The number of carbonyl (C=O) groups is 2. The molecule has 25 heavy (non-hydrogen) atoms. The highest BCUT2D eigenvalue weighted by Crippen LogP contribution is 2.26. The van der Waals surface area contributed by atoms with E-state index < -0.39 is 0 Å². The number of nitrogens with one attached hydrogen (secondary N) is 1. The topological polar surface area (TPSA) is 69.3 Å². The maximum Gasteiger partial charge on any atom is 0.227 e. The largest absolute Gasteiger partial charge is 0.338 e. The lowest BCUT2D eigenvalue weighted by molar-refractivity contribution is -0.141. The van der Waals surface area contributed by atoms with Gasteiger partial charge in [-0.05, 0) is 19.4 Å². The van der Waals surface area contributed by atoms with Crippen LogP contribution in [0.25, 0.3) is 0 Å². The smallest absolute Gasteiger partial charge is 0.227 e. The van der Waals surface area contributed by atoms with Crippen LogP contribution >= 0.6 is 0 Å². The lowest BCUT2D eigenvalue weighted by Gasteiger charge is -2.41. The molecule has 3 rings (SSSR count). The number of benzene rings is 1. The van der Waals surface area contributed by atoms with E-state index in [0.29, 0.717) is 26.1 Å². The van der Waals surface area contributed by atoms with Gasteiger partial charge in [0.15, 0.2) is 0 Å². The van der Waals surface area contributed by atoms with Crippen LogP contribution in [-0.2, 0) is 16.0 Å². The number of hydrogen-bond acceptors (Lipinski definition) is 3. The summed E-state index contributed by atoms with van der Waals surface area (Å²) in [6, 6.07) is 9.82. The van der Waals surface area contributed by atoms with Crippen molar-refractivity contribution in [3.05, 3.63) is 52.8 Å². The Kier molecular flexibility index (Phi) is 4.88. The molecule has 0 bridgehead atoms. The minimum Gasteiger partial charge on any atom is -0.338 e. The van der Waals surface area contributed by atoms with Gasteiger partial charge in [0, 0.05) is 37.8 Å². The van der Waals surface area contributed by atoms with Crippen molar-refractivity contribution in [1.82, 2.24) is 20.0 Å². The molecule has 6 heteroatoms. The zero-order chi connectivity index (χ0) is 18.0. The van der Waals surface area contributed by atoms with Crippen molar-refractivity contribution in [2.45, 2.75) is 33.2 Å². The molecule has 132 valence electrons. The maximum absolute atomic E-state index is 12.8. The highest BCUT2D eigenvalue weighted by atomic mass is 16.2. The van der Waals surface area contributed by atoms with E-state index in [0.717, 1.165) is 22.5 Å². The number of H-pyrrole nitrogens is 1. The molecule has 1 N–H and O–H groups in total. The van der Waals surface area contributed by atoms with Crippen LogP contribution in [0.15, 0.2) is 30.3 Å². The van der Waals surface area contributed by atoms with E-state index in [1.54, 1.807) is 6.92 Å². The third-order valence-electron chi connectivity index (χ3n) is 4.93. The Morgan fingerprint density at radius 3 is 2.52 bits per heavy atom. The summed E-state index contributed by atoms with van der Waals surface area (Å²) in [6.45, 7) is 7.08. The minimum atomic E-state index is -0.0945. The molecule has 1 aliphatic heterocycles. The Morgan fingerprint density at radius 2 is 1.92 bits per heavy atom. The Hall–Kier alpha value is -2.63. The molecular weight excluding hydrogens is 316 g/mol. The highest BCUT2D eigenvalue weighted by molar-refractivity contribution is 5.80. The molecule has 1 aliphatic rings. The standard InChI is InChI=1S/C19H24N4O2/c1-13-17(14(2)21-20-13)11-19(25)22-9-10-23(15(3)24)18(12-22)16-7-5-4-6-8-16/h4-8,18H,9-12H2,1-3H3,(H,20,21)/t18-/m0/s1. The first kappa shape index (κ1) is 17.2. The summed E-state index contributed by atoms with van der Waals surface area (Å²) in [5.74, 6) is 0.124. The molecule has 0 spiro atoms. The lowest BCUT2D eigenvalue weighted by atomic mass is 10.0. The first-order valence-corrected chi connectivity index (χ1v) is 8.57. The number of nitrogens with zero attached hydrogens (tertiary/aromatic N) is 3. The second-order valence-electron chi connectivity index (χ2n) is 6.57. The number of aromatic nitrogens is 2. The third kappa shape index (κ3) is 3.57. The van der Waals surface area contributed by atoms with Crippen molar-refractivity contribution in [2.24, 2.45) is 0 Å². The Morgan fingerprint density at radius 1 is 1.20 bits per heavy atom. The summed E-state index contributed by atoms with van der Waals surface area (Å²) < 4.78 is 0. The van der Waals surface area contributed by atoms with E-state index in [4.69, 9.17) is 0 Å². The Balaban J connectivity index is 1.78. The normalized spacial score (nSPS) is 17.6. The fourth-order valence-electron chi connectivity index (χ4n) is 3.44. The van der Waals surface area contributed by atoms with Crippen molar-refractivity contribution in [2.75, 3.05) is 19.6 Å². The van der Waals surface area contributed by atoms with Gasteiger partial charge in [0.05, 0.1) is 18.2 Å². The fourth-order valence-corrected chi connectivity index (χ4v) is 3.44. The van der Waals surface area contributed by atoms with E-state index in [-0.39, 0.29) is 17.9 Å². The predicted octanol–water partition coefficient (Wildman–Crippen LogP) is 2.00. The lowest BCUT2D eigenvalue weighted by Crippen LogP contribution is -2.52. The van der Waals surface area contributed by atoms with Gasteiger partial charge in [0.25, 0.3) is 0 Å². The number of aromatic amines is 1. The minimum absolute atomic E-state index is 0.0440. The summed E-state index contributed by atoms with van der Waals surface area (Å²) >= 11 is 0. The van der Waals surface area contributed by atoms with Gasteiger partial charge in [-0.1, -0.05) is 30.3 Å². The number of aryl methyl sites for hydroxylation is 2. The van der Waals surface area contributed by atoms with Crippen molar-refractivity contribution in [1.29, 1.82) is 0 Å². The van der Waals surface area contributed by atoms with Crippen molar-refractivity contribution in [3.63, 3.8) is 0 Å². The molecule has 0 saturated carbocycles. The Bertz CT molecular complexity index is 749. The van der Waals surface area contributed by atoms with Crippen molar-refractivity contribution in [3.8, 4) is 0 Å². The molecule has 2 amide bonds. The monoisotopic (exact) mass is 340 g/mol. The van der Waals surface area contributed by atoms with Crippen LogP contribution in [0.3, 0.4) is 0 Å². The zero-order valence-corrected chi connectivity index (χ0v) is 15.0. The number of hydrogen-bond donors (Lipinski definition) is 1. The molecule has 1 atom stereocenters. The van der Waals surface area contributed by atoms with Gasteiger partial charge in [-0.2, -0.15) is 5.10 Å². The SMILES string of the molecule is CC(=O)N1CCN(C(=O)Cc2c(C)n[nH]c2C)C[C@H]1c1ccccc1. The molecule has 0 aliphatic carbocycles. The van der Waals surface area contributed by atoms with E-state index >= 15 is 0 Å². The van der Waals surface area contributed by atoms with Gasteiger partial charge in [0.2, 0.25) is 11.8 Å². The average Bonchev–Trinajstić information content (AvgIpc) is 2.93. The first-order chi connectivity index (χ1) is 12.0. The second kappa shape index (κ2) is 7.09. The van der Waals surface area contributed by atoms with Gasteiger partial charge in [-0.15, -0.1) is 0 Å².